The molecule has 0 aliphatic carbocycles. The van der Waals surface area contributed by atoms with Crippen molar-refractivity contribution in [1.29, 1.82) is 5.41 Å². The highest BCUT2D eigenvalue weighted by Gasteiger charge is 2.30. The second kappa shape index (κ2) is 9.45. The molecule has 1 aromatic carbocycles. The van der Waals surface area contributed by atoms with Gasteiger partial charge in [0.15, 0.2) is 0 Å². The highest BCUT2D eigenvalue weighted by atomic mass is 16.2. The molecule has 2 atom stereocenters. The second-order valence-electron chi connectivity index (χ2n) is 9.60. The van der Waals surface area contributed by atoms with Crippen molar-refractivity contribution in [2.24, 2.45) is 5.92 Å². The average molecular weight is 422 g/mol. The number of nitrogens with one attached hydrogen (secondary N) is 1. The summed E-state index contributed by atoms with van der Waals surface area (Å²) in [7, 11) is 4.26. The maximum Gasteiger partial charge on any atom is 0.236 e. The number of carbonyl (C=O) groups is 1. The van der Waals surface area contributed by atoms with E-state index in [1.54, 1.807) is 6.20 Å². The van der Waals surface area contributed by atoms with Gasteiger partial charge in [-0.2, -0.15) is 0 Å². The Bertz CT molecular complexity index is 935. The van der Waals surface area contributed by atoms with Gasteiger partial charge in [0.1, 0.15) is 0 Å². The Kier molecular flexibility index (Phi) is 6.68. The van der Waals surface area contributed by atoms with Gasteiger partial charge in [0.05, 0.1) is 12.1 Å². The second-order valence-corrected chi connectivity index (χ2v) is 9.60. The highest BCUT2D eigenvalue weighted by molar-refractivity contribution is 5.98. The van der Waals surface area contributed by atoms with Gasteiger partial charge in [-0.05, 0) is 56.8 Å². The molecule has 0 spiro atoms. The Morgan fingerprint density at radius 1 is 1.23 bits per heavy atom. The monoisotopic (exact) mass is 421 g/mol. The minimum Gasteiger partial charge on any atom is -0.341 e. The topological polar surface area (TPSA) is 63.5 Å². The Balaban J connectivity index is 1.46. The first-order chi connectivity index (χ1) is 15.0. The number of hydrogen-bond donors (Lipinski definition) is 1. The molecule has 1 aromatic heterocycles. The van der Waals surface area contributed by atoms with Gasteiger partial charge >= 0.3 is 0 Å². The lowest BCUT2D eigenvalue weighted by Gasteiger charge is -2.39. The number of piperidine rings is 2. The zero-order valence-corrected chi connectivity index (χ0v) is 19.1. The van der Waals surface area contributed by atoms with Crippen molar-refractivity contribution in [2.45, 2.75) is 38.1 Å². The number of rotatable bonds is 5. The van der Waals surface area contributed by atoms with Gasteiger partial charge in [-0.25, -0.2) is 0 Å². The van der Waals surface area contributed by atoms with Gasteiger partial charge in [0.2, 0.25) is 5.91 Å². The van der Waals surface area contributed by atoms with E-state index in [9.17, 15) is 4.79 Å². The molecule has 0 radical (unpaired) electrons. The molecule has 2 aliphatic heterocycles. The highest BCUT2D eigenvalue weighted by Crippen LogP contribution is 2.34. The van der Waals surface area contributed by atoms with Crippen LogP contribution in [-0.4, -0.2) is 84.7 Å². The van der Waals surface area contributed by atoms with Crippen LogP contribution >= 0.6 is 0 Å². The third-order valence-corrected chi connectivity index (χ3v) is 7.07. The lowest BCUT2D eigenvalue weighted by Crippen LogP contribution is -2.49. The van der Waals surface area contributed by atoms with Gasteiger partial charge in [-0.1, -0.05) is 25.1 Å². The van der Waals surface area contributed by atoms with Crippen molar-refractivity contribution in [2.75, 3.05) is 46.8 Å². The molecule has 2 saturated heterocycles. The summed E-state index contributed by atoms with van der Waals surface area (Å²) in [6.07, 6.45) is 6.43. The Hall–Kier alpha value is -2.31. The summed E-state index contributed by atoms with van der Waals surface area (Å²) >= 11 is 0. The molecule has 2 aliphatic rings. The van der Waals surface area contributed by atoms with Gasteiger partial charge in [-0.3, -0.25) is 14.7 Å². The largest absolute Gasteiger partial charge is 0.341 e. The van der Waals surface area contributed by atoms with Crippen LogP contribution in [0.5, 0.6) is 0 Å². The van der Waals surface area contributed by atoms with Crippen LogP contribution < -0.4 is 0 Å². The number of carbonyl (C=O) groups excluding carboxylic acids is 1. The molecule has 0 unspecified atom stereocenters. The fourth-order valence-corrected chi connectivity index (χ4v) is 5.43. The van der Waals surface area contributed by atoms with Crippen LogP contribution in [0.25, 0.3) is 10.9 Å². The van der Waals surface area contributed by atoms with Crippen LogP contribution in [0.1, 0.15) is 43.2 Å². The van der Waals surface area contributed by atoms with Crippen molar-refractivity contribution in [3.05, 3.63) is 41.6 Å². The molecule has 31 heavy (non-hydrogen) atoms. The molecule has 166 valence electrons. The summed E-state index contributed by atoms with van der Waals surface area (Å²) in [6, 6.07) is 8.87. The summed E-state index contributed by atoms with van der Waals surface area (Å²) < 4.78 is 0. The first-order valence-corrected chi connectivity index (χ1v) is 11.5. The van der Waals surface area contributed by atoms with Gasteiger partial charge in [0.25, 0.3) is 0 Å². The standard InChI is InChI=1S/C25H35N5O/c1-18-13-20(22-7-6-19(14-26)25-23(22)5-4-10-27-25)16-29(15-18)17-24(31)30-11-8-21(9-12-30)28(2)3/h4-7,10,14,18,20-21,26H,8-9,11-13,15-17H2,1-3H3/t18-,20-/m1/s1. The van der Waals surface area contributed by atoms with Gasteiger partial charge in [0, 0.05) is 55.6 Å². The molecule has 1 amide bonds. The SMILES string of the molecule is C[C@@H]1C[C@@H](c2ccc(C=N)c3ncccc23)CN(CC(=O)N2CCC(N(C)C)CC2)C1. The van der Waals surface area contributed by atoms with E-state index in [4.69, 9.17) is 5.41 Å². The Labute approximate surface area is 185 Å². The molecule has 2 aromatic rings. The van der Waals surface area contributed by atoms with E-state index in [2.05, 4.69) is 52.8 Å². The summed E-state index contributed by atoms with van der Waals surface area (Å²) in [5, 5.41) is 8.84. The fourth-order valence-electron chi connectivity index (χ4n) is 5.43. The van der Waals surface area contributed by atoms with Crippen LogP contribution in [0.3, 0.4) is 0 Å². The zero-order chi connectivity index (χ0) is 22.0. The van der Waals surface area contributed by atoms with Crippen LogP contribution in [-0.2, 0) is 4.79 Å². The zero-order valence-electron chi connectivity index (χ0n) is 19.1. The van der Waals surface area contributed by atoms with E-state index < -0.39 is 0 Å². The Morgan fingerprint density at radius 3 is 2.71 bits per heavy atom. The lowest BCUT2D eigenvalue weighted by molar-refractivity contribution is -0.134. The first-order valence-electron chi connectivity index (χ1n) is 11.5. The molecular weight excluding hydrogens is 386 g/mol. The number of nitrogens with zero attached hydrogens (tertiary/aromatic N) is 4. The van der Waals surface area contributed by atoms with Gasteiger partial charge in [-0.15, -0.1) is 0 Å². The maximum atomic E-state index is 13.0. The van der Waals surface area contributed by atoms with Crippen LogP contribution in [0.2, 0.25) is 0 Å². The molecule has 2 fully saturated rings. The molecule has 0 saturated carbocycles. The summed E-state index contributed by atoms with van der Waals surface area (Å²) in [6.45, 7) is 6.43. The van der Waals surface area contributed by atoms with Gasteiger partial charge < -0.3 is 15.2 Å². The molecule has 1 N–H and O–H groups in total. The van der Waals surface area contributed by atoms with Crippen LogP contribution in [0.4, 0.5) is 0 Å². The van der Waals surface area contributed by atoms with Crippen molar-refractivity contribution in [3.63, 3.8) is 0 Å². The smallest absolute Gasteiger partial charge is 0.236 e. The van der Waals surface area contributed by atoms with Crippen molar-refractivity contribution in [1.82, 2.24) is 19.7 Å². The number of fused-ring (bicyclic) bond motifs is 1. The van der Waals surface area contributed by atoms with E-state index in [0.29, 0.717) is 24.4 Å². The maximum absolute atomic E-state index is 13.0. The summed E-state index contributed by atoms with van der Waals surface area (Å²) in [5.74, 6) is 1.19. The van der Waals surface area contributed by atoms with Crippen LogP contribution in [0, 0.1) is 11.3 Å². The molecule has 6 nitrogen and oxygen atoms in total. The fraction of sp³-hybridized carbons (Fsp3) is 0.560. The number of benzene rings is 1. The van der Waals surface area contributed by atoms with E-state index in [0.717, 1.165) is 61.9 Å². The lowest BCUT2D eigenvalue weighted by atomic mass is 9.83. The van der Waals surface area contributed by atoms with Crippen molar-refractivity contribution >= 4 is 23.0 Å². The first kappa shape index (κ1) is 21.9. The normalized spacial score (nSPS) is 23.4. The predicted octanol–water partition coefficient (Wildman–Crippen LogP) is 3.21. The molecule has 3 heterocycles. The van der Waals surface area contributed by atoms with Crippen molar-refractivity contribution < 1.29 is 4.79 Å². The van der Waals surface area contributed by atoms with E-state index in [-0.39, 0.29) is 5.91 Å². The van der Waals surface area contributed by atoms with E-state index >= 15 is 0 Å². The predicted molar refractivity (Wildman–Crippen MR) is 126 cm³/mol. The van der Waals surface area contributed by atoms with Crippen LogP contribution in [0.15, 0.2) is 30.5 Å². The molecule has 4 rings (SSSR count). The minimum atomic E-state index is 0.274. The molecule has 6 heteroatoms. The molecular formula is C25H35N5O. The van der Waals surface area contributed by atoms with Crippen molar-refractivity contribution in [3.8, 4) is 0 Å². The average Bonchev–Trinajstić information content (AvgIpc) is 2.78. The minimum absolute atomic E-state index is 0.274. The number of pyridine rings is 1. The quantitative estimate of drug-likeness (QED) is 0.753. The molecule has 0 bridgehead atoms. The third-order valence-electron chi connectivity index (χ3n) is 7.07. The number of amides is 1. The summed E-state index contributed by atoms with van der Waals surface area (Å²) in [5.41, 5.74) is 3.06. The third kappa shape index (κ3) is 4.80. The number of aromatic nitrogens is 1. The Morgan fingerprint density at radius 2 is 2.00 bits per heavy atom. The number of likely N-dealkylation sites (tertiary alicyclic amines) is 2. The van der Waals surface area contributed by atoms with E-state index in [1.807, 2.05) is 12.1 Å². The summed E-state index contributed by atoms with van der Waals surface area (Å²) in [4.78, 5) is 24.3. The number of hydrogen-bond acceptors (Lipinski definition) is 5. The van der Waals surface area contributed by atoms with E-state index in [1.165, 1.54) is 11.8 Å².